The van der Waals surface area contributed by atoms with E-state index in [2.05, 4.69) is 41.6 Å². The predicted octanol–water partition coefficient (Wildman–Crippen LogP) is 3.33. The fraction of sp³-hybridized carbons (Fsp3) is 0.556. The lowest BCUT2D eigenvalue weighted by Crippen LogP contribution is -2.39. The fourth-order valence-corrected chi connectivity index (χ4v) is 4.53. The minimum absolute atomic E-state index is 0.529. The molecule has 3 aliphatic rings. The Kier molecular flexibility index (Phi) is 3.00. The lowest BCUT2D eigenvalue weighted by atomic mass is 9.83. The average Bonchev–Trinajstić information content (AvgIpc) is 2.85. The molecule has 1 aromatic heterocycles. The monoisotopic (exact) mass is 283 g/mol. The topological polar surface area (TPSA) is 34.2 Å². The molecule has 1 atom stereocenters. The average molecular weight is 283 g/mol. The van der Waals surface area contributed by atoms with E-state index in [1.807, 2.05) is 0 Å². The van der Waals surface area contributed by atoms with Crippen LogP contribution in [-0.2, 0) is 7.05 Å². The first-order valence-electron chi connectivity index (χ1n) is 8.28. The summed E-state index contributed by atoms with van der Waals surface area (Å²) < 4.78 is 2.46. The van der Waals surface area contributed by atoms with E-state index in [1.54, 1.807) is 5.56 Å². The molecule has 1 fully saturated rings. The smallest absolute Gasteiger partial charge is 0.112 e. The van der Waals surface area contributed by atoms with Crippen molar-refractivity contribution in [2.75, 3.05) is 24.5 Å². The van der Waals surface area contributed by atoms with Crippen molar-refractivity contribution in [3.8, 4) is 0 Å². The van der Waals surface area contributed by atoms with Crippen LogP contribution in [0.4, 0.5) is 5.82 Å². The number of hydrogen-bond donors (Lipinski definition) is 1. The van der Waals surface area contributed by atoms with Crippen molar-refractivity contribution in [2.24, 2.45) is 12.8 Å². The molecule has 2 bridgehead atoms. The number of aryl methyl sites for hydroxylation is 1. The van der Waals surface area contributed by atoms with Crippen LogP contribution in [0.1, 0.15) is 49.1 Å². The summed E-state index contributed by atoms with van der Waals surface area (Å²) in [4.78, 5) is 2.59. The Morgan fingerprint density at radius 3 is 2.76 bits per heavy atom. The van der Waals surface area contributed by atoms with Gasteiger partial charge < -0.3 is 15.2 Å². The van der Waals surface area contributed by atoms with Gasteiger partial charge in [-0.15, -0.1) is 0 Å². The summed E-state index contributed by atoms with van der Waals surface area (Å²) in [5, 5.41) is 1.49. The molecular formula is C18H25N3. The molecule has 0 aliphatic carbocycles. The Balaban J connectivity index is 1.98. The quantitative estimate of drug-likeness (QED) is 0.937. The summed E-state index contributed by atoms with van der Waals surface area (Å²) in [6.45, 7) is 5.53. The van der Waals surface area contributed by atoms with Gasteiger partial charge >= 0.3 is 0 Å². The van der Waals surface area contributed by atoms with Crippen LogP contribution in [-0.4, -0.2) is 24.2 Å². The van der Waals surface area contributed by atoms with Crippen molar-refractivity contribution in [2.45, 2.75) is 38.0 Å². The van der Waals surface area contributed by atoms with Crippen molar-refractivity contribution < 1.29 is 0 Å². The SMILES string of the molecule is CC(CCN)c1cccc2c3c(n(C)c12)N1CCC3CC1. The molecular weight excluding hydrogens is 258 g/mol. The van der Waals surface area contributed by atoms with Gasteiger partial charge in [-0.05, 0) is 43.2 Å². The first kappa shape index (κ1) is 13.2. The van der Waals surface area contributed by atoms with E-state index in [4.69, 9.17) is 5.73 Å². The lowest BCUT2D eigenvalue weighted by molar-refractivity contribution is 0.469. The fourth-order valence-electron chi connectivity index (χ4n) is 4.53. The van der Waals surface area contributed by atoms with E-state index in [0.29, 0.717) is 5.92 Å². The zero-order valence-electron chi connectivity index (χ0n) is 13.1. The van der Waals surface area contributed by atoms with Gasteiger partial charge in [0.05, 0.1) is 5.52 Å². The Morgan fingerprint density at radius 1 is 1.29 bits per heavy atom. The number of rotatable bonds is 3. The number of fused-ring (bicyclic) bond motifs is 3. The number of para-hydroxylation sites is 1. The number of benzene rings is 1. The van der Waals surface area contributed by atoms with Crippen LogP contribution in [0.5, 0.6) is 0 Å². The second kappa shape index (κ2) is 4.77. The Morgan fingerprint density at radius 2 is 2.05 bits per heavy atom. The third kappa shape index (κ3) is 1.76. The van der Waals surface area contributed by atoms with Gasteiger partial charge in [0.15, 0.2) is 0 Å². The molecule has 0 spiro atoms. The molecule has 2 aromatic rings. The third-order valence-corrected chi connectivity index (χ3v) is 5.58. The molecule has 0 radical (unpaired) electrons. The van der Waals surface area contributed by atoms with Gasteiger partial charge in [-0.2, -0.15) is 0 Å². The number of piperidine rings is 1. The number of anilines is 1. The van der Waals surface area contributed by atoms with Crippen LogP contribution in [0.15, 0.2) is 18.2 Å². The number of nitrogens with zero attached hydrogens (tertiary/aromatic N) is 2. The van der Waals surface area contributed by atoms with Crippen LogP contribution < -0.4 is 10.6 Å². The summed E-state index contributed by atoms with van der Waals surface area (Å²) in [5.41, 5.74) is 10.3. The van der Waals surface area contributed by atoms with Crippen LogP contribution in [0.25, 0.3) is 10.9 Å². The highest BCUT2D eigenvalue weighted by atomic mass is 15.3. The van der Waals surface area contributed by atoms with Crippen molar-refractivity contribution in [1.29, 1.82) is 0 Å². The second-order valence-corrected chi connectivity index (χ2v) is 6.78. The van der Waals surface area contributed by atoms with E-state index in [9.17, 15) is 0 Å². The summed E-state index contributed by atoms with van der Waals surface area (Å²) in [6, 6.07) is 6.86. The van der Waals surface area contributed by atoms with Gasteiger partial charge in [-0.25, -0.2) is 0 Å². The molecule has 4 heterocycles. The minimum atomic E-state index is 0.529. The third-order valence-electron chi connectivity index (χ3n) is 5.58. The van der Waals surface area contributed by atoms with Gasteiger partial charge in [0, 0.05) is 31.1 Å². The molecule has 3 nitrogen and oxygen atoms in total. The molecule has 3 heteroatoms. The first-order valence-corrected chi connectivity index (χ1v) is 8.28. The second-order valence-electron chi connectivity index (χ2n) is 6.78. The van der Waals surface area contributed by atoms with Crippen LogP contribution in [0, 0.1) is 0 Å². The van der Waals surface area contributed by atoms with Crippen molar-refractivity contribution >= 4 is 16.7 Å². The maximum atomic E-state index is 5.79. The molecule has 1 unspecified atom stereocenters. The van der Waals surface area contributed by atoms with E-state index in [1.165, 1.54) is 48.2 Å². The summed E-state index contributed by atoms with van der Waals surface area (Å²) in [7, 11) is 2.25. The molecule has 21 heavy (non-hydrogen) atoms. The van der Waals surface area contributed by atoms with Crippen LogP contribution in [0.3, 0.4) is 0 Å². The molecule has 1 saturated heterocycles. The number of hydrogen-bond acceptors (Lipinski definition) is 2. The molecule has 3 aliphatic heterocycles. The van der Waals surface area contributed by atoms with Crippen molar-refractivity contribution in [3.05, 3.63) is 29.3 Å². The van der Waals surface area contributed by atoms with E-state index in [-0.39, 0.29) is 0 Å². The highest BCUT2D eigenvalue weighted by molar-refractivity contribution is 5.94. The normalized spacial score (nSPS) is 19.3. The summed E-state index contributed by atoms with van der Waals surface area (Å²) >= 11 is 0. The van der Waals surface area contributed by atoms with Gasteiger partial charge in [-0.3, -0.25) is 0 Å². The van der Waals surface area contributed by atoms with Crippen LogP contribution in [0.2, 0.25) is 0 Å². The maximum absolute atomic E-state index is 5.79. The number of aromatic nitrogens is 1. The van der Waals surface area contributed by atoms with E-state index >= 15 is 0 Å². The van der Waals surface area contributed by atoms with Crippen molar-refractivity contribution in [3.63, 3.8) is 0 Å². The predicted molar refractivity (Wildman–Crippen MR) is 89.2 cm³/mol. The van der Waals surface area contributed by atoms with Crippen LogP contribution >= 0.6 is 0 Å². The first-order chi connectivity index (χ1) is 10.2. The highest BCUT2D eigenvalue weighted by Crippen LogP contribution is 2.48. The molecule has 5 rings (SSSR count). The van der Waals surface area contributed by atoms with Gasteiger partial charge in [0.1, 0.15) is 5.82 Å². The lowest BCUT2D eigenvalue weighted by Gasteiger charge is -2.41. The van der Waals surface area contributed by atoms with Gasteiger partial charge in [0.2, 0.25) is 0 Å². The Hall–Kier alpha value is -1.48. The molecule has 112 valence electrons. The zero-order chi connectivity index (χ0) is 14.6. The largest absolute Gasteiger partial charge is 0.358 e. The molecule has 2 N–H and O–H groups in total. The molecule has 1 aromatic carbocycles. The summed E-state index contributed by atoms with van der Waals surface area (Å²) in [5.74, 6) is 2.79. The number of nitrogens with two attached hydrogens (primary N) is 1. The molecule has 0 saturated carbocycles. The Labute approximate surface area is 126 Å². The van der Waals surface area contributed by atoms with E-state index in [0.717, 1.165) is 18.9 Å². The van der Waals surface area contributed by atoms with E-state index < -0.39 is 0 Å². The minimum Gasteiger partial charge on any atom is -0.358 e. The zero-order valence-corrected chi connectivity index (χ0v) is 13.1. The molecule has 0 amide bonds. The maximum Gasteiger partial charge on any atom is 0.112 e. The standard InChI is InChI=1S/C18H25N3/c1-12(6-9-19)14-4-3-5-15-16-13-7-10-21(11-8-13)18(16)20(2)17(14)15/h3-5,12-13H,6-11,19H2,1-2H3. The highest BCUT2D eigenvalue weighted by Gasteiger charge is 2.35. The summed E-state index contributed by atoms with van der Waals surface area (Å²) in [6.07, 6.45) is 3.71. The Bertz CT molecular complexity index is 677. The van der Waals surface area contributed by atoms with Gasteiger partial charge in [0.25, 0.3) is 0 Å². The van der Waals surface area contributed by atoms with Gasteiger partial charge in [-0.1, -0.05) is 25.1 Å². The van der Waals surface area contributed by atoms with Crippen molar-refractivity contribution in [1.82, 2.24) is 4.57 Å².